The van der Waals surface area contributed by atoms with E-state index in [1.807, 2.05) is 35.7 Å². The third-order valence-electron chi connectivity index (χ3n) is 2.37. The van der Waals surface area contributed by atoms with Crippen molar-refractivity contribution in [1.82, 2.24) is 0 Å². The number of ether oxygens (including phenoxy) is 1. The summed E-state index contributed by atoms with van der Waals surface area (Å²) in [6.45, 7) is 0.533. The summed E-state index contributed by atoms with van der Waals surface area (Å²) in [5, 5.41) is 1.94. The second-order valence-corrected chi connectivity index (χ2v) is 6.47. The lowest BCUT2D eigenvalue weighted by atomic mass is 10.3. The molecule has 0 radical (unpaired) electrons. The molecule has 0 fully saturated rings. The van der Waals surface area contributed by atoms with E-state index in [4.69, 9.17) is 10.5 Å². The molecule has 1 heterocycles. The van der Waals surface area contributed by atoms with Gasteiger partial charge in [0.25, 0.3) is 0 Å². The van der Waals surface area contributed by atoms with Gasteiger partial charge < -0.3 is 10.5 Å². The predicted molar refractivity (Wildman–Crippen MR) is 76.6 cm³/mol. The van der Waals surface area contributed by atoms with Gasteiger partial charge in [-0.25, -0.2) is 0 Å². The Morgan fingerprint density at radius 1 is 1.22 bits per heavy atom. The monoisotopic (exact) mass is 281 g/mol. The number of hydrogen-bond acceptors (Lipinski definition) is 4. The molecule has 3 nitrogen and oxygen atoms in total. The molecular weight excluding hydrogens is 266 g/mol. The molecule has 96 valence electrons. The average Bonchev–Trinajstić information content (AvgIpc) is 2.90. The maximum Gasteiger partial charge on any atom is 0.142 e. The van der Waals surface area contributed by atoms with Gasteiger partial charge in [-0.05, 0) is 30.0 Å². The van der Waals surface area contributed by atoms with Crippen LogP contribution in [0.5, 0.6) is 5.75 Å². The summed E-state index contributed by atoms with van der Waals surface area (Å²) in [6, 6.07) is 11.2. The topological polar surface area (TPSA) is 52.3 Å². The van der Waals surface area contributed by atoms with E-state index in [0.29, 0.717) is 23.8 Å². The molecule has 0 saturated heterocycles. The molecule has 5 heteroatoms. The number of nitrogen functional groups attached to an aromatic ring is 1. The van der Waals surface area contributed by atoms with Gasteiger partial charge in [0.1, 0.15) is 5.75 Å². The first kappa shape index (κ1) is 13.1. The van der Waals surface area contributed by atoms with Crippen molar-refractivity contribution < 1.29 is 8.95 Å². The van der Waals surface area contributed by atoms with Crippen molar-refractivity contribution in [3.05, 3.63) is 41.8 Å². The van der Waals surface area contributed by atoms with Crippen LogP contribution in [0.4, 0.5) is 5.69 Å². The van der Waals surface area contributed by atoms with Crippen LogP contribution in [0.25, 0.3) is 0 Å². The lowest BCUT2D eigenvalue weighted by Gasteiger charge is -2.07. The van der Waals surface area contributed by atoms with Crippen molar-refractivity contribution in [3.63, 3.8) is 0 Å². The van der Waals surface area contributed by atoms with Gasteiger partial charge in [-0.15, -0.1) is 11.3 Å². The van der Waals surface area contributed by atoms with Gasteiger partial charge in [-0.2, -0.15) is 0 Å². The molecule has 0 aliphatic heterocycles. The van der Waals surface area contributed by atoms with Gasteiger partial charge in [0.05, 0.1) is 27.3 Å². The normalized spacial score (nSPS) is 12.2. The number of rotatable bonds is 6. The van der Waals surface area contributed by atoms with Crippen LogP contribution in [0, 0.1) is 0 Å². The van der Waals surface area contributed by atoms with E-state index >= 15 is 0 Å². The van der Waals surface area contributed by atoms with Crippen molar-refractivity contribution in [2.75, 3.05) is 18.1 Å². The molecule has 2 aromatic rings. The fraction of sp³-hybridized carbons (Fsp3) is 0.231. The first-order chi connectivity index (χ1) is 8.77. The van der Waals surface area contributed by atoms with Crippen LogP contribution >= 0.6 is 11.3 Å². The minimum absolute atomic E-state index is 0.533. The number of benzene rings is 1. The van der Waals surface area contributed by atoms with Crippen LogP contribution in [0.3, 0.4) is 0 Å². The molecule has 1 unspecified atom stereocenters. The van der Waals surface area contributed by atoms with E-state index in [2.05, 4.69) is 0 Å². The third-order valence-corrected chi connectivity index (χ3v) is 5.12. The van der Waals surface area contributed by atoms with E-state index in [1.165, 1.54) is 11.3 Å². The summed E-state index contributed by atoms with van der Waals surface area (Å²) >= 11 is 1.53. The molecule has 0 aliphatic rings. The molecule has 18 heavy (non-hydrogen) atoms. The molecule has 1 aromatic carbocycles. The van der Waals surface area contributed by atoms with Crippen molar-refractivity contribution in [3.8, 4) is 5.75 Å². The number of para-hydroxylation sites is 2. The van der Waals surface area contributed by atoms with Gasteiger partial charge in [-0.1, -0.05) is 18.2 Å². The van der Waals surface area contributed by atoms with Crippen LogP contribution < -0.4 is 10.5 Å². The maximum absolute atomic E-state index is 11.8. The molecule has 0 spiro atoms. The standard InChI is InChI=1S/C13H15NO2S2/c14-11-5-1-2-6-12(11)16-8-4-10-18(15)13-7-3-9-17-13/h1-3,5-7,9H,4,8,10,14H2. The van der Waals surface area contributed by atoms with Crippen LogP contribution in [0.2, 0.25) is 0 Å². The van der Waals surface area contributed by atoms with Crippen molar-refractivity contribution in [2.24, 2.45) is 0 Å². The van der Waals surface area contributed by atoms with Crippen LogP contribution in [0.1, 0.15) is 6.42 Å². The van der Waals surface area contributed by atoms with Crippen LogP contribution in [0.15, 0.2) is 46.0 Å². The number of hydrogen-bond donors (Lipinski definition) is 1. The minimum Gasteiger partial charge on any atom is -0.491 e. The Morgan fingerprint density at radius 3 is 2.78 bits per heavy atom. The second kappa shape index (κ2) is 6.56. The highest BCUT2D eigenvalue weighted by Gasteiger charge is 2.05. The Kier molecular flexibility index (Phi) is 4.78. The molecular formula is C13H15NO2S2. The smallest absolute Gasteiger partial charge is 0.142 e. The molecule has 2 rings (SSSR count). The largest absolute Gasteiger partial charge is 0.491 e. The number of anilines is 1. The highest BCUT2D eigenvalue weighted by molar-refractivity contribution is 7.87. The Balaban J connectivity index is 1.74. The quantitative estimate of drug-likeness (QED) is 0.654. The van der Waals surface area contributed by atoms with Gasteiger partial charge in [0.2, 0.25) is 0 Å². The Morgan fingerprint density at radius 2 is 2.06 bits per heavy atom. The number of thiophene rings is 1. The molecule has 0 bridgehead atoms. The Labute approximate surface area is 113 Å². The third kappa shape index (κ3) is 3.58. The van der Waals surface area contributed by atoms with E-state index in [9.17, 15) is 4.21 Å². The van der Waals surface area contributed by atoms with Gasteiger partial charge in [0, 0.05) is 5.75 Å². The summed E-state index contributed by atoms with van der Waals surface area (Å²) in [4.78, 5) is 0. The summed E-state index contributed by atoms with van der Waals surface area (Å²) in [5.74, 6) is 1.31. The number of nitrogens with two attached hydrogens (primary N) is 1. The van der Waals surface area contributed by atoms with Crippen molar-refractivity contribution in [1.29, 1.82) is 0 Å². The lowest BCUT2D eigenvalue weighted by Crippen LogP contribution is -2.05. The van der Waals surface area contributed by atoms with E-state index < -0.39 is 10.8 Å². The minimum atomic E-state index is -0.908. The van der Waals surface area contributed by atoms with Gasteiger partial charge >= 0.3 is 0 Å². The van der Waals surface area contributed by atoms with Crippen molar-refractivity contribution >= 4 is 27.8 Å². The fourth-order valence-corrected chi connectivity index (χ4v) is 3.58. The first-order valence-corrected chi connectivity index (χ1v) is 7.86. The Hall–Kier alpha value is -1.33. The zero-order chi connectivity index (χ0) is 12.8. The van der Waals surface area contributed by atoms with E-state index in [-0.39, 0.29) is 0 Å². The second-order valence-electron chi connectivity index (χ2n) is 3.72. The first-order valence-electron chi connectivity index (χ1n) is 5.66. The molecule has 2 N–H and O–H groups in total. The summed E-state index contributed by atoms with van der Waals surface area (Å²) in [5.41, 5.74) is 6.39. The van der Waals surface area contributed by atoms with E-state index in [0.717, 1.165) is 10.6 Å². The maximum atomic E-state index is 11.8. The summed E-state index contributed by atoms with van der Waals surface area (Å²) in [7, 11) is -0.908. The van der Waals surface area contributed by atoms with E-state index in [1.54, 1.807) is 6.07 Å². The molecule has 0 aliphatic carbocycles. The zero-order valence-corrected chi connectivity index (χ0v) is 11.5. The average molecular weight is 281 g/mol. The van der Waals surface area contributed by atoms with Gasteiger partial charge in [-0.3, -0.25) is 4.21 Å². The fourth-order valence-electron chi connectivity index (χ4n) is 1.48. The zero-order valence-electron chi connectivity index (χ0n) is 9.87. The molecule has 0 amide bonds. The van der Waals surface area contributed by atoms with Crippen LogP contribution in [-0.4, -0.2) is 16.6 Å². The summed E-state index contributed by atoms with van der Waals surface area (Å²) < 4.78 is 18.3. The Bertz CT molecular complexity index is 511. The molecule has 1 aromatic heterocycles. The van der Waals surface area contributed by atoms with Crippen molar-refractivity contribution in [2.45, 2.75) is 10.6 Å². The SMILES string of the molecule is Nc1ccccc1OCCCS(=O)c1cccs1. The molecule has 0 saturated carbocycles. The predicted octanol–water partition coefficient (Wildman–Crippen LogP) is 2.91. The highest BCUT2D eigenvalue weighted by atomic mass is 32.2. The van der Waals surface area contributed by atoms with Crippen LogP contribution in [-0.2, 0) is 10.8 Å². The molecule has 1 atom stereocenters. The lowest BCUT2D eigenvalue weighted by molar-refractivity contribution is 0.320. The highest BCUT2D eigenvalue weighted by Crippen LogP contribution is 2.20. The summed E-state index contributed by atoms with van der Waals surface area (Å²) in [6.07, 6.45) is 0.749. The van der Waals surface area contributed by atoms with Gasteiger partial charge in [0.15, 0.2) is 0 Å².